The van der Waals surface area contributed by atoms with Gasteiger partial charge in [0, 0.05) is 5.56 Å². The average Bonchev–Trinajstić information content (AvgIpc) is 3.04. The number of hydrogen-bond acceptors (Lipinski definition) is 5. The molecule has 2 aromatic heterocycles. The lowest BCUT2D eigenvalue weighted by Gasteiger charge is -2.04. The molecule has 0 unspecified atom stereocenters. The van der Waals surface area contributed by atoms with Crippen LogP contribution in [-0.4, -0.2) is 12.3 Å². The molecule has 3 aromatic rings. The Kier molecular flexibility index (Phi) is 2.95. The summed E-state index contributed by atoms with van der Waals surface area (Å²) in [6.07, 6.45) is 1.62. The van der Waals surface area contributed by atoms with Crippen LogP contribution in [0, 0.1) is 6.92 Å². The summed E-state index contributed by atoms with van der Waals surface area (Å²) in [4.78, 5) is 0. The number of nitrogens with zero attached hydrogens (tertiary/aromatic N) is 1. The zero-order valence-corrected chi connectivity index (χ0v) is 11.2. The van der Waals surface area contributed by atoms with Crippen molar-refractivity contribution in [3.63, 3.8) is 0 Å². The third kappa shape index (κ3) is 1.93. The van der Waals surface area contributed by atoms with Crippen LogP contribution in [-0.2, 0) is 0 Å². The fourth-order valence-corrected chi connectivity index (χ4v) is 2.17. The minimum atomic E-state index is 0.272. The van der Waals surface area contributed by atoms with Crippen molar-refractivity contribution in [3.05, 3.63) is 42.4 Å². The van der Waals surface area contributed by atoms with E-state index in [0.717, 1.165) is 28.2 Å². The second-order valence-electron chi connectivity index (χ2n) is 4.39. The highest BCUT2D eigenvalue weighted by Gasteiger charge is 2.20. The van der Waals surface area contributed by atoms with E-state index in [2.05, 4.69) is 5.16 Å². The van der Waals surface area contributed by atoms with Gasteiger partial charge < -0.3 is 19.4 Å². The van der Waals surface area contributed by atoms with Gasteiger partial charge in [-0.1, -0.05) is 17.3 Å². The maximum atomic E-state index is 5.92. The van der Waals surface area contributed by atoms with Crippen LogP contribution in [0.15, 0.2) is 45.5 Å². The highest BCUT2D eigenvalue weighted by molar-refractivity contribution is 5.87. The van der Waals surface area contributed by atoms with Gasteiger partial charge >= 0.3 is 0 Å². The average molecular weight is 270 g/mol. The lowest BCUT2D eigenvalue weighted by atomic mass is 10.0. The molecule has 0 spiro atoms. The molecule has 0 saturated heterocycles. The van der Waals surface area contributed by atoms with Crippen molar-refractivity contribution in [2.24, 2.45) is 0 Å². The number of aryl methyl sites for hydroxylation is 1. The van der Waals surface area contributed by atoms with Gasteiger partial charge in [0.1, 0.15) is 17.2 Å². The molecule has 0 bridgehead atoms. The van der Waals surface area contributed by atoms with Crippen LogP contribution < -0.4 is 10.5 Å². The Morgan fingerprint density at radius 2 is 2.10 bits per heavy atom. The van der Waals surface area contributed by atoms with E-state index in [1.165, 1.54) is 0 Å². The van der Waals surface area contributed by atoms with E-state index in [-0.39, 0.29) is 5.88 Å². The SMILES string of the molecule is COc1cccc(-c2c(-c3ccoc3C)noc2N)c1. The molecule has 102 valence electrons. The lowest BCUT2D eigenvalue weighted by molar-refractivity contribution is 0.415. The Balaban J connectivity index is 2.19. The van der Waals surface area contributed by atoms with Crippen LogP contribution in [0.25, 0.3) is 22.4 Å². The third-order valence-corrected chi connectivity index (χ3v) is 3.19. The van der Waals surface area contributed by atoms with E-state index in [0.29, 0.717) is 5.69 Å². The number of ether oxygens (including phenoxy) is 1. The molecule has 5 heteroatoms. The number of aromatic nitrogens is 1. The number of hydrogen-bond donors (Lipinski definition) is 1. The Hall–Kier alpha value is -2.69. The number of benzene rings is 1. The van der Waals surface area contributed by atoms with E-state index >= 15 is 0 Å². The van der Waals surface area contributed by atoms with Gasteiger partial charge in [0.25, 0.3) is 0 Å². The molecule has 0 atom stereocenters. The largest absolute Gasteiger partial charge is 0.497 e. The van der Waals surface area contributed by atoms with E-state index in [1.54, 1.807) is 13.4 Å². The van der Waals surface area contributed by atoms with Crippen molar-refractivity contribution in [2.45, 2.75) is 6.92 Å². The van der Waals surface area contributed by atoms with Crippen molar-refractivity contribution in [2.75, 3.05) is 12.8 Å². The maximum Gasteiger partial charge on any atom is 0.230 e. The first-order chi connectivity index (χ1) is 9.70. The summed E-state index contributed by atoms with van der Waals surface area (Å²) in [6, 6.07) is 9.44. The van der Waals surface area contributed by atoms with Crippen LogP contribution in [0.2, 0.25) is 0 Å². The van der Waals surface area contributed by atoms with Crippen LogP contribution in [0.4, 0.5) is 5.88 Å². The minimum absolute atomic E-state index is 0.272. The monoisotopic (exact) mass is 270 g/mol. The quantitative estimate of drug-likeness (QED) is 0.788. The molecule has 0 aliphatic carbocycles. The van der Waals surface area contributed by atoms with Crippen LogP contribution in [0.5, 0.6) is 5.75 Å². The molecular weight excluding hydrogens is 256 g/mol. The minimum Gasteiger partial charge on any atom is -0.497 e. The highest BCUT2D eigenvalue weighted by atomic mass is 16.5. The summed E-state index contributed by atoms with van der Waals surface area (Å²) in [7, 11) is 1.62. The molecule has 1 aromatic carbocycles. The molecule has 2 N–H and O–H groups in total. The predicted octanol–water partition coefficient (Wildman–Crippen LogP) is 3.50. The molecule has 20 heavy (non-hydrogen) atoms. The summed E-state index contributed by atoms with van der Waals surface area (Å²) in [6.45, 7) is 1.87. The summed E-state index contributed by atoms with van der Waals surface area (Å²) >= 11 is 0. The number of methoxy groups -OCH3 is 1. The second kappa shape index (κ2) is 4.77. The van der Waals surface area contributed by atoms with Gasteiger partial charge in [0.15, 0.2) is 0 Å². The molecule has 0 amide bonds. The fourth-order valence-electron chi connectivity index (χ4n) is 2.17. The zero-order valence-electron chi connectivity index (χ0n) is 11.2. The van der Waals surface area contributed by atoms with E-state index in [1.807, 2.05) is 37.3 Å². The molecule has 0 radical (unpaired) electrons. The number of furan rings is 1. The summed E-state index contributed by atoms with van der Waals surface area (Å²) < 4.78 is 15.7. The number of nitrogen functional groups attached to an aromatic ring is 1. The summed E-state index contributed by atoms with van der Waals surface area (Å²) in [5.74, 6) is 1.79. The Labute approximate surface area is 115 Å². The lowest BCUT2D eigenvalue weighted by Crippen LogP contribution is -1.89. The first kappa shape index (κ1) is 12.3. The Bertz CT molecular complexity index is 743. The molecule has 2 heterocycles. The van der Waals surface area contributed by atoms with Crippen LogP contribution >= 0.6 is 0 Å². The van der Waals surface area contributed by atoms with E-state index < -0.39 is 0 Å². The topological polar surface area (TPSA) is 74.4 Å². The standard InChI is InChI=1S/C15H14N2O3/c1-9-12(6-7-19-9)14-13(15(16)20-17-14)10-4-3-5-11(8-10)18-2/h3-8H,16H2,1-2H3. The summed E-state index contributed by atoms with van der Waals surface area (Å²) in [5, 5.41) is 4.05. The van der Waals surface area contributed by atoms with Gasteiger partial charge in [-0.15, -0.1) is 0 Å². The van der Waals surface area contributed by atoms with Crippen molar-refractivity contribution in [1.29, 1.82) is 0 Å². The molecule has 0 fully saturated rings. The maximum absolute atomic E-state index is 5.92. The normalized spacial score (nSPS) is 10.7. The first-order valence-corrected chi connectivity index (χ1v) is 6.14. The second-order valence-corrected chi connectivity index (χ2v) is 4.39. The molecule has 5 nitrogen and oxygen atoms in total. The Morgan fingerprint density at radius 3 is 2.80 bits per heavy atom. The van der Waals surface area contributed by atoms with Crippen LogP contribution in [0.3, 0.4) is 0 Å². The van der Waals surface area contributed by atoms with Gasteiger partial charge in [0.05, 0.1) is 18.9 Å². The van der Waals surface area contributed by atoms with Crippen molar-refractivity contribution in [1.82, 2.24) is 5.16 Å². The highest BCUT2D eigenvalue weighted by Crippen LogP contribution is 2.38. The number of nitrogens with two attached hydrogens (primary N) is 1. The summed E-state index contributed by atoms with van der Waals surface area (Å²) in [5.41, 5.74) is 9.08. The van der Waals surface area contributed by atoms with E-state index in [9.17, 15) is 0 Å². The van der Waals surface area contributed by atoms with Crippen molar-refractivity contribution >= 4 is 5.88 Å². The molecular formula is C15H14N2O3. The first-order valence-electron chi connectivity index (χ1n) is 6.14. The third-order valence-electron chi connectivity index (χ3n) is 3.19. The zero-order chi connectivity index (χ0) is 14.1. The Morgan fingerprint density at radius 1 is 1.25 bits per heavy atom. The van der Waals surface area contributed by atoms with E-state index in [4.69, 9.17) is 19.4 Å². The van der Waals surface area contributed by atoms with Gasteiger partial charge in [-0.25, -0.2) is 0 Å². The number of anilines is 1. The van der Waals surface area contributed by atoms with Gasteiger partial charge in [-0.2, -0.15) is 0 Å². The van der Waals surface area contributed by atoms with Crippen molar-refractivity contribution in [3.8, 4) is 28.1 Å². The molecule has 0 aliphatic heterocycles. The van der Waals surface area contributed by atoms with Gasteiger partial charge in [-0.05, 0) is 30.7 Å². The van der Waals surface area contributed by atoms with Crippen LogP contribution in [0.1, 0.15) is 5.76 Å². The van der Waals surface area contributed by atoms with Gasteiger partial charge in [0.2, 0.25) is 5.88 Å². The molecule has 0 saturated carbocycles. The fraction of sp³-hybridized carbons (Fsp3) is 0.133. The number of rotatable bonds is 3. The van der Waals surface area contributed by atoms with Gasteiger partial charge in [-0.3, -0.25) is 0 Å². The molecule has 3 rings (SSSR count). The smallest absolute Gasteiger partial charge is 0.230 e. The van der Waals surface area contributed by atoms with Crippen molar-refractivity contribution < 1.29 is 13.7 Å². The predicted molar refractivity (Wildman–Crippen MR) is 75.3 cm³/mol. The molecule has 0 aliphatic rings.